The minimum atomic E-state index is -0.422. The van der Waals surface area contributed by atoms with Gasteiger partial charge in [-0.2, -0.15) is 4.98 Å². The molecule has 0 spiro atoms. The third-order valence-electron chi connectivity index (χ3n) is 5.95. The van der Waals surface area contributed by atoms with E-state index in [0.717, 1.165) is 22.4 Å². The predicted octanol–water partition coefficient (Wildman–Crippen LogP) is 5.01. The van der Waals surface area contributed by atoms with Crippen LogP contribution in [0.2, 0.25) is 0 Å². The lowest BCUT2D eigenvalue weighted by molar-refractivity contribution is -0.122. The van der Waals surface area contributed by atoms with Crippen LogP contribution in [-0.2, 0) is 9.59 Å². The Morgan fingerprint density at radius 1 is 0.971 bits per heavy atom. The highest BCUT2D eigenvalue weighted by molar-refractivity contribution is 6.03. The molecule has 2 amide bonds. The SMILES string of the molecule is Cc1ccc(-c2noc(-c3cccc(NC(=O)C4CC(=O)N(c5ccc(C)cc5)C4)c3)n2)cc1. The molecule has 2 heterocycles. The minimum Gasteiger partial charge on any atom is -0.334 e. The summed E-state index contributed by atoms with van der Waals surface area (Å²) in [7, 11) is 0. The van der Waals surface area contributed by atoms with E-state index in [1.165, 1.54) is 0 Å². The molecule has 1 aliphatic heterocycles. The molecule has 4 aromatic rings. The van der Waals surface area contributed by atoms with E-state index in [1.54, 1.807) is 17.0 Å². The van der Waals surface area contributed by atoms with Crippen LogP contribution in [0, 0.1) is 19.8 Å². The van der Waals surface area contributed by atoms with Gasteiger partial charge in [-0.3, -0.25) is 9.59 Å². The fourth-order valence-corrected chi connectivity index (χ4v) is 3.99. The van der Waals surface area contributed by atoms with Gasteiger partial charge >= 0.3 is 0 Å². The van der Waals surface area contributed by atoms with Gasteiger partial charge in [-0.15, -0.1) is 0 Å². The second kappa shape index (κ2) is 8.94. The highest BCUT2D eigenvalue weighted by atomic mass is 16.5. The zero-order valence-corrected chi connectivity index (χ0v) is 19.0. The van der Waals surface area contributed by atoms with Gasteiger partial charge in [0, 0.05) is 35.5 Å². The van der Waals surface area contributed by atoms with Crippen LogP contribution in [0.15, 0.2) is 77.3 Å². The van der Waals surface area contributed by atoms with Crippen molar-refractivity contribution in [3.05, 3.63) is 83.9 Å². The number of carbonyl (C=O) groups is 2. The van der Waals surface area contributed by atoms with Crippen molar-refractivity contribution in [3.8, 4) is 22.8 Å². The van der Waals surface area contributed by atoms with Crippen LogP contribution in [0.25, 0.3) is 22.8 Å². The Morgan fingerprint density at radius 2 is 1.68 bits per heavy atom. The molecule has 1 aromatic heterocycles. The van der Waals surface area contributed by atoms with Crippen LogP contribution in [0.4, 0.5) is 11.4 Å². The van der Waals surface area contributed by atoms with Crippen molar-refractivity contribution in [2.24, 2.45) is 5.92 Å². The van der Waals surface area contributed by atoms with Crippen molar-refractivity contribution >= 4 is 23.2 Å². The molecule has 1 atom stereocenters. The molecule has 3 aromatic carbocycles. The summed E-state index contributed by atoms with van der Waals surface area (Å²) in [5, 5.41) is 7.01. The van der Waals surface area contributed by atoms with E-state index in [0.29, 0.717) is 29.5 Å². The Bertz CT molecular complexity index is 1340. The maximum Gasteiger partial charge on any atom is 0.258 e. The van der Waals surface area contributed by atoms with Crippen molar-refractivity contribution in [1.82, 2.24) is 10.1 Å². The van der Waals surface area contributed by atoms with E-state index in [4.69, 9.17) is 4.52 Å². The molecular weight excluding hydrogens is 428 g/mol. The van der Waals surface area contributed by atoms with Crippen LogP contribution in [0.5, 0.6) is 0 Å². The monoisotopic (exact) mass is 452 g/mol. The minimum absolute atomic E-state index is 0.0488. The summed E-state index contributed by atoms with van der Waals surface area (Å²) in [5.74, 6) is 0.214. The first-order valence-electron chi connectivity index (χ1n) is 11.2. The van der Waals surface area contributed by atoms with Crippen LogP contribution in [0.3, 0.4) is 0 Å². The van der Waals surface area contributed by atoms with Gasteiger partial charge in [0.1, 0.15) is 0 Å². The molecule has 1 unspecified atom stereocenters. The van der Waals surface area contributed by atoms with Crippen molar-refractivity contribution < 1.29 is 14.1 Å². The molecule has 1 fully saturated rings. The maximum atomic E-state index is 12.9. The maximum absolute atomic E-state index is 12.9. The zero-order valence-electron chi connectivity index (χ0n) is 19.0. The van der Waals surface area contributed by atoms with Gasteiger partial charge in [0.05, 0.1) is 5.92 Å². The fourth-order valence-electron chi connectivity index (χ4n) is 3.99. The summed E-state index contributed by atoms with van der Waals surface area (Å²) in [6.45, 7) is 4.38. The average Bonchev–Trinajstić information content (AvgIpc) is 3.48. The Labute approximate surface area is 197 Å². The number of hydrogen-bond donors (Lipinski definition) is 1. The van der Waals surface area contributed by atoms with Gasteiger partial charge in [-0.25, -0.2) is 0 Å². The molecule has 1 N–H and O–H groups in total. The van der Waals surface area contributed by atoms with Crippen molar-refractivity contribution in [3.63, 3.8) is 0 Å². The summed E-state index contributed by atoms with van der Waals surface area (Å²) in [4.78, 5) is 31.6. The molecule has 5 rings (SSSR count). The Hall–Kier alpha value is -4.26. The molecule has 1 saturated heterocycles. The van der Waals surface area contributed by atoms with Gasteiger partial charge in [0.15, 0.2) is 0 Å². The lowest BCUT2D eigenvalue weighted by atomic mass is 10.1. The van der Waals surface area contributed by atoms with E-state index in [-0.39, 0.29) is 18.2 Å². The fraction of sp³-hybridized carbons (Fsp3) is 0.185. The highest BCUT2D eigenvalue weighted by Gasteiger charge is 2.35. The van der Waals surface area contributed by atoms with Crippen LogP contribution in [0.1, 0.15) is 17.5 Å². The van der Waals surface area contributed by atoms with Gasteiger partial charge < -0.3 is 14.7 Å². The smallest absolute Gasteiger partial charge is 0.258 e. The molecule has 7 heteroatoms. The summed E-state index contributed by atoms with van der Waals surface area (Å²) >= 11 is 0. The summed E-state index contributed by atoms with van der Waals surface area (Å²) in [6.07, 6.45) is 0.184. The largest absolute Gasteiger partial charge is 0.334 e. The molecule has 34 heavy (non-hydrogen) atoms. The lowest BCUT2D eigenvalue weighted by Crippen LogP contribution is -2.28. The third-order valence-corrected chi connectivity index (χ3v) is 5.95. The first kappa shape index (κ1) is 21.6. The molecule has 0 bridgehead atoms. The molecule has 7 nitrogen and oxygen atoms in total. The topological polar surface area (TPSA) is 88.3 Å². The van der Waals surface area contributed by atoms with Crippen LogP contribution >= 0.6 is 0 Å². The number of benzene rings is 3. The van der Waals surface area contributed by atoms with Crippen LogP contribution < -0.4 is 10.2 Å². The van der Waals surface area contributed by atoms with Crippen molar-refractivity contribution in [2.75, 3.05) is 16.8 Å². The van der Waals surface area contributed by atoms with Crippen LogP contribution in [-0.4, -0.2) is 28.5 Å². The number of nitrogens with zero attached hydrogens (tertiary/aromatic N) is 3. The predicted molar refractivity (Wildman–Crippen MR) is 130 cm³/mol. The Kier molecular flexibility index (Phi) is 5.67. The summed E-state index contributed by atoms with van der Waals surface area (Å²) in [5.41, 5.74) is 5.27. The number of aryl methyl sites for hydroxylation is 2. The van der Waals surface area contributed by atoms with E-state index in [2.05, 4.69) is 15.5 Å². The number of hydrogen-bond acceptors (Lipinski definition) is 5. The molecule has 170 valence electrons. The highest BCUT2D eigenvalue weighted by Crippen LogP contribution is 2.28. The second-order valence-corrected chi connectivity index (χ2v) is 8.60. The average molecular weight is 453 g/mol. The van der Waals surface area contributed by atoms with Gasteiger partial charge in [-0.05, 0) is 44.2 Å². The van der Waals surface area contributed by atoms with Gasteiger partial charge in [0.25, 0.3) is 5.89 Å². The number of nitrogens with one attached hydrogen (secondary N) is 1. The Balaban J connectivity index is 1.28. The van der Waals surface area contributed by atoms with Crippen molar-refractivity contribution in [1.29, 1.82) is 0 Å². The molecule has 0 saturated carbocycles. The zero-order chi connectivity index (χ0) is 23.7. The normalized spacial score (nSPS) is 15.5. The van der Waals surface area contributed by atoms with E-state index >= 15 is 0 Å². The summed E-state index contributed by atoms with van der Waals surface area (Å²) in [6, 6.07) is 22.9. The molecule has 1 aliphatic rings. The second-order valence-electron chi connectivity index (χ2n) is 8.60. The quantitative estimate of drug-likeness (QED) is 0.460. The number of aromatic nitrogens is 2. The number of anilines is 2. The number of amides is 2. The van der Waals surface area contributed by atoms with Gasteiger partial charge in [0.2, 0.25) is 17.6 Å². The van der Waals surface area contributed by atoms with Gasteiger partial charge in [-0.1, -0.05) is 58.7 Å². The molecular formula is C27H24N4O3. The third kappa shape index (κ3) is 4.45. The first-order chi connectivity index (χ1) is 16.5. The Morgan fingerprint density at radius 3 is 2.41 bits per heavy atom. The van der Waals surface area contributed by atoms with E-state index < -0.39 is 5.92 Å². The van der Waals surface area contributed by atoms with E-state index in [1.807, 2.05) is 74.5 Å². The van der Waals surface area contributed by atoms with E-state index in [9.17, 15) is 9.59 Å². The summed E-state index contributed by atoms with van der Waals surface area (Å²) < 4.78 is 5.46. The lowest BCUT2D eigenvalue weighted by Gasteiger charge is -2.17. The molecule has 0 radical (unpaired) electrons. The molecule has 0 aliphatic carbocycles. The first-order valence-corrected chi connectivity index (χ1v) is 11.2. The number of rotatable bonds is 5. The standard InChI is InChI=1S/C27H24N4O3/c1-17-6-10-19(11-7-17)25-29-27(34-30-25)20-4-3-5-22(14-20)28-26(33)21-15-24(32)31(16-21)23-12-8-18(2)9-13-23/h3-14,21H,15-16H2,1-2H3,(H,28,33). The number of carbonyl (C=O) groups excluding carboxylic acids is 2. The van der Waals surface area contributed by atoms with Crippen molar-refractivity contribution in [2.45, 2.75) is 20.3 Å².